The molecule has 0 aromatic carbocycles. The third-order valence-corrected chi connectivity index (χ3v) is 2.59. The Bertz CT molecular complexity index is 82.7. The third-order valence-electron chi connectivity index (χ3n) is 2.59. The van der Waals surface area contributed by atoms with Gasteiger partial charge in [-0.25, -0.2) is 0 Å². The van der Waals surface area contributed by atoms with E-state index >= 15 is 0 Å². The van der Waals surface area contributed by atoms with Gasteiger partial charge in [-0.15, -0.1) is 0 Å². The molecule has 1 rings (SSSR count). The van der Waals surface area contributed by atoms with Gasteiger partial charge in [-0.05, 0) is 31.6 Å². The number of hydrogen-bond acceptors (Lipinski definition) is 1. The fraction of sp³-hybridized carbons (Fsp3) is 1.00. The lowest BCUT2D eigenvalue weighted by Gasteiger charge is -2.25. The molecule has 0 heterocycles. The maximum absolute atomic E-state index is 5.79. The summed E-state index contributed by atoms with van der Waals surface area (Å²) in [5.74, 6) is 1.00. The average molecular weight is 141 g/mol. The first-order valence-corrected chi connectivity index (χ1v) is 4.58. The highest BCUT2D eigenvalue weighted by atomic mass is 14.6. The molecule has 0 saturated heterocycles. The summed E-state index contributed by atoms with van der Waals surface area (Å²) in [5, 5.41) is 0. The molecule has 0 aliphatic heterocycles. The summed E-state index contributed by atoms with van der Waals surface area (Å²) < 4.78 is 0. The zero-order chi connectivity index (χ0) is 7.40. The van der Waals surface area contributed by atoms with E-state index < -0.39 is 0 Å². The van der Waals surface area contributed by atoms with Crippen molar-refractivity contribution in [3.8, 4) is 0 Å². The van der Waals surface area contributed by atoms with E-state index in [4.69, 9.17) is 5.73 Å². The van der Waals surface area contributed by atoms with E-state index in [0.717, 1.165) is 5.92 Å². The van der Waals surface area contributed by atoms with Crippen molar-refractivity contribution in [3.05, 3.63) is 0 Å². The molecule has 1 fully saturated rings. The summed E-state index contributed by atoms with van der Waals surface area (Å²) in [5.41, 5.74) is 5.79. The van der Waals surface area contributed by atoms with Gasteiger partial charge in [-0.3, -0.25) is 0 Å². The third kappa shape index (κ3) is 2.30. The molecule has 0 radical (unpaired) electrons. The molecule has 0 aromatic heterocycles. The Kier molecular flexibility index (Phi) is 3.20. The molecule has 2 N–H and O–H groups in total. The van der Waals surface area contributed by atoms with Crippen molar-refractivity contribution in [1.82, 2.24) is 0 Å². The van der Waals surface area contributed by atoms with Crippen LogP contribution in [0.4, 0.5) is 0 Å². The van der Waals surface area contributed by atoms with Crippen LogP contribution in [0.25, 0.3) is 0 Å². The minimum atomic E-state index is 0.521. The molecule has 0 aromatic rings. The van der Waals surface area contributed by atoms with E-state index in [9.17, 15) is 0 Å². The maximum Gasteiger partial charge on any atom is 0.00390 e. The van der Waals surface area contributed by atoms with Crippen molar-refractivity contribution in [2.24, 2.45) is 11.7 Å². The highest BCUT2D eigenvalue weighted by molar-refractivity contribution is 4.73. The maximum atomic E-state index is 5.79. The summed E-state index contributed by atoms with van der Waals surface area (Å²) in [6, 6.07) is 0.521. The predicted molar refractivity (Wildman–Crippen MR) is 44.8 cm³/mol. The lowest BCUT2D eigenvalue weighted by atomic mass is 9.84. The van der Waals surface area contributed by atoms with E-state index in [1.807, 2.05) is 0 Å². The lowest BCUT2D eigenvalue weighted by Crippen LogP contribution is -2.26. The molecule has 0 bridgehead atoms. The normalized spacial score (nSPS) is 34.2. The molecule has 1 nitrogen and oxygen atoms in total. The second-order valence-corrected chi connectivity index (χ2v) is 3.57. The molecular weight excluding hydrogens is 122 g/mol. The summed E-state index contributed by atoms with van der Waals surface area (Å²) in [6.45, 7) is 2.27. The Morgan fingerprint density at radius 1 is 1.20 bits per heavy atom. The van der Waals surface area contributed by atoms with Crippen LogP contribution in [0.1, 0.15) is 45.4 Å². The number of nitrogens with two attached hydrogens (primary N) is 1. The molecule has 0 unspecified atom stereocenters. The summed E-state index contributed by atoms with van der Waals surface area (Å²) >= 11 is 0. The summed E-state index contributed by atoms with van der Waals surface area (Å²) in [4.78, 5) is 0. The predicted octanol–water partition coefficient (Wildman–Crippen LogP) is 2.30. The second kappa shape index (κ2) is 3.97. The Balaban J connectivity index is 2.13. The van der Waals surface area contributed by atoms with Crippen LogP contribution in [-0.2, 0) is 0 Å². The van der Waals surface area contributed by atoms with Gasteiger partial charge in [-0.1, -0.05) is 19.8 Å². The smallest absolute Gasteiger partial charge is 0.00390 e. The van der Waals surface area contributed by atoms with Gasteiger partial charge in [0.15, 0.2) is 0 Å². The van der Waals surface area contributed by atoms with Crippen LogP contribution in [0.3, 0.4) is 0 Å². The van der Waals surface area contributed by atoms with Crippen LogP contribution in [-0.4, -0.2) is 6.04 Å². The fourth-order valence-corrected chi connectivity index (χ4v) is 1.89. The van der Waals surface area contributed by atoms with Crippen LogP contribution in [0, 0.1) is 5.92 Å². The van der Waals surface area contributed by atoms with E-state index in [-0.39, 0.29) is 0 Å². The van der Waals surface area contributed by atoms with Crippen molar-refractivity contribution in [2.45, 2.75) is 51.5 Å². The molecule has 1 saturated carbocycles. The van der Waals surface area contributed by atoms with Gasteiger partial charge in [0.1, 0.15) is 0 Å². The van der Waals surface area contributed by atoms with E-state index in [2.05, 4.69) is 6.92 Å². The Labute approximate surface area is 64.0 Å². The lowest BCUT2D eigenvalue weighted by molar-refractivity contribution is 0.309. The first-order valence-electron chi connectivity index (χ1n) is 4.58. The van der Waals surface area contributed by atoms with E-state index in [1.165, 1.54) is 38.5 Å². The molecule has 1 heteroatoms. The average Bonchev–Trinajstić information content (AvgIpc) is 1.95. The largest absolute Gasteiger partial charge is 0.328 e. The monoisotopic (exact) mass is 141 g/mol. The molecule has 0 amide bonds. The molecule has 0 atom stereocenters. The van der Waals surface area contributed by atoms with E-state index in [1.54, 1.807) is 0 Å². The topological polar surface area (TPSA) is 26.0 Å². The van der Waals surface area contributed by atoms with Crippen LogP contribution in [0.5, 0.6) is 0 Å². The Morgan fingerprint density at radius 3 is 2.30 bits per heavy atom. The van der Waals surface area contributed by atoms with Gasteiger partial charge in [-0.2, -0.15) is 0 Å². The molecule has 1 aliphatic rings. The highest BCUT2D eigenvalue weighted by Crippen LogP contribution is 2.26. The van der Waals surface area contributed by atoms with Gasteiger partial charge in [0.05, 0.1) is 0 Å². The molecular formula is C9H19N. The SMILES string of the molecule is CCC[C@H]1CC[C@H](N)CC1. The zero-order valence-corrected chi connectivity index (χ0v) is 6.97. The number of hydrogen-bond donors (Lipinski definition) is 1. The second-order valence-electron chi connectivity index (χ2n) is 3.57. The Morgan fingerprint density at radius 2 is 1.80 bits per heavy atom. The van der Waals surface area contributed by atoms with Gasteiger partial charge in [0.25, 0.3) is 0 Å². The van der Waals surface area contributed by atoms with Crippen LogP contribution in [0.15, 0.2) is 0 Å². The quantitative estimate of drug-likeness (QED) is 0.627. The van der Waals surface area contributed by atoms with Crippen molar-refractivity contribution in [3.63, 3.8) is 0 Å². The highest BCUT2D eigenvalue weighted by Gasteiger charge is 2.16. The van der Waals surface area contributed by atoms with Crippen LogP contribution < -0.4 is 5.73 Å². The summed E-state index contributed by atoms with van der Waals surface area (Å²) in [6.07, 6.45) is 8.08. The molecule has 0 spiro atoms. The number of rotatable bonds is 2. The molecule has 1 aliphatic carbocycles. The first kappa shape index (κ1) is 8.06. The minimum absolute atomic E-state index is 0.521. The molecule has 10 heavy (non-hydrogen) atoms. The van der Waals surface area contributed by atoms with Gasteiger partial charge in [0, 0.05) is 6.04 Å². The van der Waals surface area contributed by atoms with E-state index in [0.29, 0.717) is 6.04 Å². The van der Waals surface area contributed by atoms with Gasteiger partial charge in [0.2, 0.25) is 0 Å². The van der Waals surface area contributed by atoms with Crippen molar-refractivity contribution in [1.29, 1.82) is 0 Å². The van der Waals surface area contributed by atoms with Gasteiger partial charge < -0.3 is 5.73 Å². The molecule has 60 valence electrons. The minimum Gasteiger partial charge on any atom is -0.328 e. The Hall–Kier alpha value is -0.0400. The van der Waals surface area contributed by atoms with Crippen molar-refractivity contribution < 1.29 is 0 Å². The van der Waals surface area contributed by atoms with Crippen molar-refractivity contribution >= 4 is 0 Å². The van der Waals surface area contributed by atoms with Crippen molar-refractivity contribution in [2.75, 3.05) is 0 Å². The standard InChI is InChI=1S/C9H19N/c1-2-3-8-4-6-9(10)7-5-8/h8-9H,2-7,10H2,1H3/t8-,9-. The zero-order valence-electron chi connectivity index (χ0n) is 6.97. The first-order chi connectivity index (χ1) is 4.83. The fourth-order valence-electron chi connectivity index (χ4n) is 1.89. The van der Waals surface area contributed by atoms with Crippen LogP contribution >= 0.6 is 0 Å². The van der Waals surface area contributed by atoms with Gasteiger partial charge >= 0.3 is 0 Å². The van der Waals surface area contributed by atoms with Crippen LogP contribution in [0.2, 0.25) is 0 Å². The summed E-state index contributed by atoms with van der Waals surface area (Å²) in [7, 11) is 0.